The van der Waals surface area contributed by atoms with Crippen molar-refractivity contribution < 1.29 is 43.1 Å². The molecule has 2 aliphatic rings. The highest BCUT2D eigenvalue weighted by atomic mass is 79.9. The number of nitrogens with zero attached hydrogens (tertiary/aromatic N) is 4. The molecule has 0 N–H and O–H groups in total. The third kappa shape index (κ3) is 9.58. The molecule has 2 saturated heterocycles. The van der Waals surface area contributed by atoms with Crippen LogP contribution >= 0.6 is 46.2 Å². The Morgan fingerprint density at radius 1 is 0.481 bits per heavy atom. The van der Waals surface area contributed by atoms with Crippen LogP contribution in [-0.2, 0) is 13.1 Å². The van der Waals surface area contributed by atoms with E-state index in [1.54, 1.807) is 0 Å². The second kappa shape index (κ2) is 19.5. The molecular weight excluding hydrogens is 849 g/mol. The number of benzene rings is 2. The second-order valence-electron chi connectivity index (χ2n) is 13.7. The first-order valence-corrected chi connectivity index (χ1v) is 22.2. The van der Waals surface area contributed by atoms with Crippen LogP contribution in [0.5, 0.6) is 0 Å². The average Bonchev–Trinajstić information content (AvgIpc) is 3.68. The fraction of sp³-hybridized carbons (Fsp3) is 0.381. The Hall–Kier alpha value is -2.08. The lowest BCUT2D eigenvalue weighted by Gasteiger charge is -2.22. The van der Waals surface area contributed by atoms with Gasteiger partial charge < -0.3 is 43.8 Å². The highest BCUT2D eigenvalue weighted by molar-refractivity contribution is 8.03. The summed E-state index contributed by atoms with van der Waals surface area (Å²) in [5, 5.41) is 7.33. The van der Waals surface area contributed by atoms with E-state index in [-0.39, 0.29) is 34.0 Å². The molecule has 6 aromatic rings. The van der Waals surface area contributed by atoms with Gasteiger partial charge in [-0.25, -0.2) is 0 Å². The molecule has 2 aromatic carbocycles. The van der Waals surface area contributed by atoms with Crippen LogP contribution in [0.1, 0.15) is 62.5 Å². The summed E-state index contributed by atoms with van der Waals surface area (Å²) in [6.07, 6.45) is 15.3. The van der Waals surface area contributed by atoms with Crippen molar-refractivity contribution >= 4 is 78.0 Å². The van der Waals surface area contributed by atoms with Crippen molar-refractivity contribution in [2.45, 2.75) is 74.2 Å². The van der Waals surface area contributed by atoms with E-state index in [1.807, 2.05) is 46.2 Å². The van der Waals surface area contributed by atoms with E-state index >= 15 is 0 Å². The van der Waals surface area contributed by atoms with E-state index in [2.05, 4.69) is 115 Å². The van der Waals surface area contributed by atoms with Gasteiger partial charge >= 0.3 is 0 Å². The molecule has 0 unspecified atom stereocenters. The summed E-state index contributed by atoms with van der Waals surface area (Å²) in [5.41, 5.74) is 5.56. The molecule has 4 nitrogen and oxygen atoms in total. The summed E-state index contributed by atoms with van der Waals surface area (Å²) >= 11 is 7.65. The summed E-state index contributed by atoms with van der Waals surface area (Å²) in [6, 6.07) is 27.8. The van der Waals surface area contributed by atoms with Gasteiger partial charge in [0.1, 0.15) is 0 Å². The van der Waals surface area contributed by atoms with Crippen LogP contribution in [0, 0.1) is 0 Å². The highest BCUT2D eigenvalue weighted by Crippen LogP contribution is 2.32. The molecule has 8 rings (SSSR count). The van der Waals surface area contributed by atoms with Crippen molar-refractivity contribution in [1.29, 1.82) is 0 Å². The highest BCUT2D eigenvalue weighted by Gasteiger charge is 2.21. The zero-order valence-electron chi connectivity index (χ0n) is 29.7. The number of fused-ring (bicyclic) bond motifs is 2. The fourth-order valence-electron chi connectivity index (χ4n) is 7.59. The maximum atomic E-state index is 2.61. The predicted molar refractivity (Wildman–Crippen MR) is 218 cm³/mol. The van der Waals surface area contributed by atoms with Crippen molar-refractivity contribution in [2.24, 2.45) is 0 Å². The maximum absolute atomic E-state index is 2.61. The van der Waals surface area contributed by atoms with Gasteiger partial charge in [-0.2, -0.15) is 9.13 Å². The van der Waals surface area contributed by atoms with Gasteiger partial charge in [-0.15, -0.1) is 23.5 Å². The van der Waals surface area contributed by atoms with Crippen molar-refractivity contribution in [3.63, 3.8) is 0 Å². The second-order valence-corrected chi connectivity index (χ2v) is 17.8. The van der Waals surface area contributed by atoms with Crippen LogP contribution in [0.15, 0.2) is 106 Å². The van der Waals surface area contributed by atoms with Crippen molar-refractivity contribution in [1.82, 2.24) is 0 Å². The molecule has 52 heavy (non-hydrogen) atoms. The molecule has 0 radical (unpaired) electrons. The van der Waals surface area contributed by atoms with E-state index in [4.69, 9.17) is 0 Å². The molecule has 0 saturated carbocycles. The van der Waals surface area contributed by atoms with Crippen molar-refractivity contribution in [2.75, 3.05) is 47.5 Å². The predicted octanol–water partition coefficient (Wildman–Crippen LogP) is 4.44. The zero-order chi connectivity index (χ0) is 33.5. The van der Waals surface area contributed by atoms with E-state index in [1.165, 1.54) is 130 Å². The summed E-state index contributed by atoms with van der Waals surface area (Å²) in [7, 11) is 0. The van der Waals surface area contributed by atoms with Gasteiger partial charge in [0.25, 0.3) is 9.66 Å². The number of thioether (sulfide) groups is 2. The maximum Gasteiger partial charge on any atom is 0.271 e. The average molecular weight is 897 g/mol. The Morgan fingerprint density at radius 3 is 1.25 bits per heavy atom. The molecule has 0 amide bonds. The summed E-state index contributed by atoms with van der Waals surface area (Å²) in [5.74, 6) is 2.20. The SMILES string of the molecule is [Br-].[Br-].c1cc2c(N3CCCCCC3)cc[n+](Cc3ccc(SCCSc4ccc(C[n+]5ccc(N6CCCCCC6)c6ccsc65)cc4)cc3)c2s1. The smallest absolute Gasteiger partial charge is 0.271 e. The van der Waals surface area contributed by atoms with Gasteiger partial charge in [-0.05, 0) is 72.8 Å². The van der Waals surface area contributed by atoms with Crippen LogP contribution in [0.25, 0.3) is 20.4 Å². The first kappa shape index (κ1) is 39.6. The van der Waals surface area contributed by atoms with Crippen LogP contribution in [-0.4, -0.2) is 37.7 Å². The molecule has 0 bridgehead atoms. The quantitative estimate of drug-likeness (QED) is 0.109. The Kier molecular flexibility index (Phi) is 14.8. The van der Waals surface area contributed by atoms with Crippen LogP contribution < -0.4 is 52.9 Å². The first-order valence-electron chi connectivity index (χ1n) is 18.5. The Labute approximate surface area is 347 Å². The van der Waals surface area contributed by atoms with Crippen LogP contribution in [0.2, 0.25) is 0 Å². The van der Waals surface area contributed by atoms with Crippen molar-refractivity contribution in [3.05, 3.63) is 107 Å². The summed E-state index contributed by atoms with van der Waals surface area (Å²) < 4.78 is 4.86. The lowest BCUT2D eigenvalue weighted by molar-refractivity contribution is -0.660. The van der Waals surface area contributed by atoms with E-state index < -0.39 is 0 Å². The molecule has 0 atom stereocenters. The molecule has 2 aliphatic heterocycles. The van der Waals surface area contributed by atoms with Gasteiger partial charge in [-0.1, -0.05) is 72.6 Å². The molecule has 274 valence electrons. The number of hydrogen-bond donors (Lipinski definition) is 0. The number of pyridine rings is 2. The number of aromatic nitrogens is 2. The van der Waals surface area contributed by atoms with Gasteiger partial charge in [0.2, 0.25) is 0 Å². The normalized spacial score (nSPS) is 15.2. The Bertz CT molecular complexity index is 1850. The minimum atomic E-state index is 0. The molecule has 10 heteroatoms. The molecule has 4 aromatic heterocycles. The standard InChI is InChI=1S/C42H48N4S4.2BrH/c1-2-6-22-43(21-5-1)39-17-25-45(41-37(39)19-27-49-41)31-33-9-13-35(14-10-33)47-29-30-48-36-15-11-34(12-16-36)32-46-26-18-40(38-20-28-50-42(38)46)44-23-7-3-4-8-24-44;;/h9-20,25-28H,1-8,21-24,29-32H2;2*1H/q+2;;/p-2. The van der Waals surface area contributed by atoms with Gasteiger partial charge in [0.05, 0.1) is 22.1 Å². The van der Waals surface area contributed by atoms with Crippen LogP contribution in [0.4, 0.5) is 11.4 Å². The van der Waals surface area contributed by atoms with Crippen LogP contribution in [0.3, 0.4) is 0 Å². The minimum Gasteiger partial charge on any atom is -1.00 e. The Balaban J connectivity index is 0.00000232. The fourth-order valence-corrected chi connectivity index (χ4v) is 11.2. The molecule has 0 aliphatic carbocycles. The molecule has 6 heterocycles. The number of halogens is 2. The Morgan fingerprint density at radius 2 is 0.865 bits per heavy atom. The van der Waals surface area contributed by atoms with E-state index in [0.717, 1.165) is 24.6 Å². The molecular formula is C42H48Br2N4S4. The number of hydrogen-bond acceptors (Lipinski definition) is 6. The van der Waals surface area contributed by atoms with Gasteiger partial charge in [0, 0.05) is 70.7 Å². The number of rotatable bonds is 11. The largest absolute Gasteiger partial charge is 1.00 e. The third-order valence-electron chi connectivity index (χ3n) is 10.3. The summed E-state index contributed by atoms with van der Waals surface area (Å²) in [4.78, 5) is 10.7. The number of thiophene rings is 2. The molecule has 2 fully saturated rings. The lowest BCUT2D eigenvalue weighted by atomic mass is 10.2. The van der Waals surface area contributed by atoms with E-state index in [9.17, 15) is 0 Å². The third-order valence-corrected chi connectivity index (χ3v) is 14.4. The van der Waals surface area contributed by atoms with Crippen molar-refractivity contribution in [3.8, 4) is 0 Å². The minimum absolute atomic E-state index is 0. The summed E-state index contributed by atoms with van der Waals surface area (Å²) in [6.45, 7) is 6.57. The first-order chi connectivity index (χ1) is 24.8. The lowest BCUT2D eigenvalue weighted by Crippen LogP contribution is -3.00. The zero-order valence-corrected chi connectivity index (χ0v) is 36.2. The topological polar surface area (TPSA) is 14.2 Å². The van der Waals surface area contributed by atoms with E-state index in [0.29, 0.717) is 0 Å². The molecule has 0 spiro atoms. The number of anilines is 2. The van der Waals surface area contributed by atoms with Gasteiger partial charge in [-0.3, -0.25) is 0 Å². The monoisotopic (exact) mass is 894 g/mol. The van der Waals surface area contributed by atoms with Gasteiger partial charge in [0.15, 0.2) is 25.5 Å².